The normalized spacial score (nSPS) is 21.4. The summed E-state index contributed by atoms with van der Waals surface area (Å²) in [5.74, 6) is 0.645. The van der Waals surface area contributed by atoms with Crippen LogP contribution in [0.5, 0.6) is 0 Å². The quantitative estimate of drug-likeness (QED) is 0.747. The average Bonchev–Trinajstić information content (AvgIpc) is 3.08. The molecule has 110 valence electrons. The van der Waals surface area contributed by atoms with Gasteiger partial charge in [0.15, 0.2) is 5.82 Å². The van der Waals surface area contributed by atoms with E-state index in [9.17, 15) is 9.90 Å². The van der Waals surface area contributed by atoms with Gasteiger partial charge in [-0.05, 0) is 30.7 Å². The molecule has 3 N–H and O–H groups in total. The maximum Gasteiger partial charge on any atom is 0.241 e. The Bertz CT molecular complexity index is 637. The number of carbonyl (C=O) groups excluding carboxylic acids is 1. The van der Waals surface area contributed by atoms with Crippen molar-refractivity contribution in [1.29, 1.82) is 0 Å². The van der Waals surface area contributed by atoms with E-state index in [1.807, 2.05) is 35.9 Å². The number of benzene rings is 1. The molecule has 7 nitrogen and oxygen atoms in total. The summed E-state index contributed by atoms with van der Waals surface area (Å²) in [6.07, 6.45) is 1.64. The van der Waals surface area contributed by atoms with Gasteiger partial charge in [0.25, 0.3) is 0 Å². The van der Waals surface area contributed by atoms with Gasteiger partial charge >= 0.3 is 0 Å². The Morgan fingerprint density at radius 3 is 2.76 bits per heavy atom. The SMILES string of the molecule is Cn1cnnc1-c1ccc(NC(=O)C2CC(O)CN2)cc1. The molecule has 1 amide bonds. The Balaban J connectivity index is 1.67. The van der Waals surface area contributed by atoms with Gasteiger partial charge in [-0.2, -0.15) is 0 Å². The van der Waals surface area contributed by atoms with Crippen molar-refractivity contribution in [3.63, 3.8) is 0 Å². The topological polar surface area (TPSA) is 92.1 Å². The van der Waals surface area contributed by atoms with Gasteiger partial charge < -0.3 is 20.3 Å². The number of aliphatic hydroxyl groups excluding tert-OH is 1. The lowest BCUT2D eigenvalue weighted by atomic mass is 10.1. The molecule has 7 heteroatoms. The third kappa shape index (κ3) is 2.93. The summed E-state index contributed by atoms with van der Waals surface area (Å²) in [7, 11) is 1.88. The number of rotatable bonds is 3. The highest BCUT2D eigenvalue weighted by Gasteiger charge is 2.27. The van der Waals surface area contributed by atoms with Crippen LogP contribution in [0.2, 0.25) is 0 Å². The Hall–Kier alpha value is -2.25. The van der Waals surface area contributed by atoms with E-state index in [0.29, 0.717) is 18.7 Å². The lowest BCUT2D eigenvalue weighted by Gasteiger charge is -2.11. The number of amides is 1. The Morgan fingerprint density at radius 2 is 2.19 bits per heavy atom. The smallest absolute Gasteiger partial charge is 0.241 e. The number of hydrogen-bond acceptors (Lipinski definition) is 5. The molecule has 0 aliphatic carbocycles. The average molecular weight is 287 g/mol. The number of anilines is 1. The minimum Gasteiger partial charge on any atom is -0.392 e. The van der Waals surface area contributed by atoms with E-state index in [2.05, 4.69) is 20.8 Å². The predicted molar refractivity (Wildman–Crippen MR) is 77.5 cm³/mol. The molecular weight excluding hydrogens is 270 g/mol. The molecule has 0 bridgehead atoms. The number of β-amino-alcohol motifs (C(OH)–C–C–N with tert-alkyl or cyclic N) is 1. The van der Waals surface area contributed by atoms with Crippen LogP contribution in [0.1, 0.15) is 6.42 Å². The molecule has 1 aromatic carbocycles. The van der Waals surface area contributed by atoms with Gasteiger partial charge in [0.1, 0.15) is 6.33 Å². The van der Waals surface area contributed by atoms with Crippen LogP contribution < -0.4 is 10.6 Å². The summed E-state index contributed by atoms with van der Waals surface area (Å²) >= 11 is 0. The number of aryl methyl sites for hydroxylation is 1. The second-order valence-corrected chi connectivity index (χ2v) is 5.18. The standard InChI is InChI=1S/C14H17N5O2/c1-19-8-16-18-13(19)9-2-4-10(5-3-9)17-14(21)12-6-11(20)7-15-12/h2-5,8,11-12,15,20H,6-7H2,1H3,(H,17,21). The summed E-state index contributed by atoms with van der Waals surface area (Å²) in [4.78, 5) is 12.0. The Labute approximate surface area is 122 Å². The molecule has 0 spiro atoms. The summed E-state index contributed by atoms with van der Waals surface area (Å²) in [6, 6.07) is 7.09. The van der Waals surface area contributed by atoms with Crippen molar-refractivity contribution in [3.05, 3.63) is 30.6 Å². The van der Waals surface area contributed by atoms with Crippen LogP contribution in [0.15, 0.2) is 30.6 Å². The van der Waals surface area contributed by atoms with E-state index in [4.69, 9.17) is 0 Å². The van der Waals surface area contributed by atoms with E-state index in [0.717, 1.165) is 11.4 Å². The van der Waals surface area contributed by atoms with E-state index < -0.39 is 6.10 Å². The molecule has 1 aliphatic rings. The first-order chi connectivity index (χ1) is 10.1. The van der Waals surface area contributed by atoms with Gasteiger partial charge in [0, 0.05) is 24.8 Å². The highest BCUT2D eigenvalue weighted by Crippen LogP contribution is 2.19. The van der Waals surface area contributed by atoms with Crippen LogP contribution in [0.3, 0.4) is 0 Å². The van der Waals surface area contributed by atoms with Gasteiger partial charge in [0.2, 0.25) is 5.91 Å². The zero-order valence-corrected chi connectivity index (χ0v) is 11.7. The second-order valence-electron chi connectivity index (χ2n) is 5.18. The lowest BCUT2D eigenvalue weighted by Crippen LogP contribution is -2.35. The summed E-state index contributed by atoms with van der Waals surface area (Å²) < 4.78 is 1.83. The summed E-state index contributed by atoms with van der Waals surface area (Å²) in [6.45, 7) is 0.461. The lowest BCUT2D eigenvalue weighted by molar-refractivity contribution is -0.117. The van der Waals surface area contributed by atoms with Crippen molar-refractivity contribution in [2.75, 3.05) is 11.9 Å². The van der Waals surface area contributed by atoms with E-state index >= 15 is 0 Å². The van der Waals surface area contributed by atoms with Crippen LogP contribution in [-0.2, 0) is 11.8 Å². The molecule has 0 radical (unpaired) electrons. The molecule has 21 heavy (non-hydrogen) atoms. The predicted octanol–water partition coefficient (Wildman–Crippen LogP) is 0.143. The fourth-order valence-corrected chi connectivity index (χ4v) is 2.39. The zero-order valence-electron chi connectivity index (χ0n) is 11.7. The van der Waals surface area contributed by atoms with E-state index in [1.54, 1.807) is 6.33 Å². The van der Waals surface area contributed by atoms with Gasteiger partial charge in [0.05, 0.1) is 12.1 Å². The maximum atomic E-state index is 12.0. The fraction of sp³-hybridized carbons (Fsp3) is 0.357. The molecule has 2 atom stereocenters. The molecule has 2 aromatic rings. The molecule has 1 fully saturated rings. The highest BCUT2D eigenvalue weighted by atomic mass is 16.3. The summed E-state index contributed by atoms with van der Waals surface area (Å²) in [5, 5.41) is 23.1. The van der Waals surface area contributed by atoms with Crippen molar-refractivity contribution in [3.8, 4) is 11.4 Å². The van der Waals surface area contributed by atoms with Crippen LogP contribution in [-0.4, -0.2) is 44.5 Å². The monoisotopic (exact) mass is 287 g/mol. The number of aliphatic hydroxyl groups is 1. The van der Waals surface area contributed by atoms with Crippen molar-refractivity contribution in [1.82, 2.24) is 20.1 Å². The van der Waals surface area contributed by atoms with Gasteiger partial charge in [-0.3, -0.25) is 4.79 Å². The molecule has 2 unspecified atom stereocenters. The fourth-order valence-electron chi connectivity index (χ4n) is 2.39. The minimum atomic E-state index is -0.445. The molecule has 1 aliphatic heterocycles. The molecule has 3 rings (SSSR count). The molecule has 2 heterocycles. The van der Waals surface area contributed by atoms with Gasteiger partial charge in [-0.25, -0.2) is 0 Å². The largest absolute Gasteiger partial charge is 0.392 e. The van der Waals surface area contributed by atoms with Crippen molar-refractivity contribution in [2.24, 2.45) is 7.05 Å². The van der Waals surface area contributed by atoms with E-state index in [1.165, 1.54) is 0 Å². The summed E-state index contributed by atoms with van der Waals surface area (Å²) in [5.41, 5.74) is 1.65. The highest BCUT2D eigenvalue weighted by molar-refractivity contribution is 5.95. The first kappa shape index (κ1) is 13.7. The van der Waals surface area contributed by atoms with Crippen LogP contribution in [0.25, 0.3) is 11.4 Å². The Kier molecular flexibility index (Phi) is 3.68. The molecule has 0 saturated carbocycles. The number of nitrogens with zero attached hydrogens (tertiary/aromatic N) is 3. The van der Waals surface area contributed by atoms with Crippen molar-refractivity contribution >= 4 is 11.6 Å². The number of hydrogen-bond donors (Lipinski definition) is 3. The minimum absolute atomic E-state index is 0.127. The third-order valence-corrected chi connectivity index (χ3v) is 3.55. The van der Waals surface area contributed by atoms with Crippen LogP contribution in [0, 0.1) is 0 Å². The molecule has 1 aromatic heterocycles. The first-order valence-electron chi connectivity index (χ1n) is 6.80. The van der Waals surface area contributed by atoms with E-state index in [-0.39, 0.29) is 11.9 Å². The zero-order chi connectivity index (χ0) is 14.8. The number of carbonyl (C=O) groups is 1. The van der Waals surface area contributed by atoms with Crippen LogP contribution in [0.4, 0.5) is 5.69 Å². The number of nitrogens with one attached hydrogen (secondary N) is 2. The molecule has 1 saturated heterocycles. The van der Waals surface area contributed by atoms with Crippen molar-refractivity contribution < 1.29 is 9.90 Å². The number of aromatic nitrogens is 3. The first-order valence-corrected chi connectivity index (χ1v) is 6.80. The second kappa shape index (κ2) is 5.63. The van der Waals surface area contributed by atoms with Gasteiger partial charge in [-0.15, -0.1) is 10.2 Å². The third-order valence-electron chi connectivity index (χ3n) is 3.55. The van der Waals surface area contributed by atoms with Crippen LogP contribution >= 0.6 is 0 Å². The van der Waals surface area contributed by atoms with Gasteiger partial charge in [-0.1, -0.05) is 0 Å². The molecular formula is C14H17N5O2. The maximum absolute atomic E-state index is 12.0. The Morgan fingerprint density at radius 1 is 1.43 bits per heavy atom. The van der Waals surface area contributed by atoms with Crippen molar-refractivity contribution in [2.45, 2.75) is 18.6 Å².